The molecule has 0 bridgehead atoms. The van der Waals surface area contributed by atoms with Crippen molar-refractivity contribution in [3.8, 4) is 28.8 Å². The van der Waals surface area contributed by atoms with E-state index in [0.29, 0.717) is 29.2 Å². The van der Waals surface area contributed by atoms with Crippen LogP contribution in [0.3, 0.4) is 0 Å². The first-order valence-corrected chi connectivity index (χ1v) is 12.7. The average Bonchev–Trinajstić information content (AvgIpc) is 3.42. The van der Waals surface area contributed by atoms with Crippen LogP contribution in [0.25, 0.3) is 23.0 Å². The lowest BCUT2D eigenvalue weighted by Gasteiger charge is -2.26. The fourth-order valence-electron chi connectivity index (χ4n) is 4.46. The highest BCUT2D eigenvalue weighted by atomic mass is 16.5. The maximum Gasteiger partial charge on any atom is 0.271 e. The molecule has 196 valence electrons. The Balaban J connectivity index is 1.56. The molecule has 1 aliphatic rings. The Hall–Kier alpha value is -5.48. The number of amides is 2. The molecule has 7 heteroatoms. The number of para-hydroxylation sites is 1. The molecule has 7 nitrogen and oxygen atoms in total. The van der Waals surface area contributed by atoms with Crippen LogP contribution in [0.15, 0.2) is 121 Å². The molecule has 0 fully saturated rings. The van der Waals surface area contributed by atoms with E-state index in [9.17, 15) is 14.9 Å². The molecule has 40 heavy (non-hydrogen) atoms. The number of rotatable bonds is 8. The first kappa shape index (κ1) is 26.1. The van der Waals surface area contributed by atoms with Crippen LogP contribution >= 0.6 is 0 Å². The highest BCUT2D eigenvalue weighted by Gasteiger charge is 2.35. The Morgan fingerprint density at radius 1 is 0.950 bits per heavy atom. The minimum absolute atomic E-state index is 0.00798. The van der Waals surface area contributed by atoms with Gasteiger partial charge in [0.05, 0.1) is 11.4 Å². The van der Waals surface area contributed by atoms with Crippen LogP contribution in [-0.2, 0) is 16.2 Å². The van der Waals surface area contributed by atoms with Crippen molar-refractivity contribution in [3.63, 3.8) is 0 Å². The summed E-state index contributed by atoms with van der Waals surface area (Å²) < 4.78 is 7.68. The van der Waals surface area contributed by atoms with Crippen molar-refractivity contribution >= 4 is 17.9 Å². The molecule has 0 aliphatic carbocycles. The maximum absolute atomic E-state index is 13.4. The Bertz CT molecular complexity index is 1680. The van der Waals surface area contributed by atoms with Crippen LogP contribution in [0.4, 0.5) is 0 Å². The van der Waals surface area contributed by atoms with Gasteiger partial charge in [-0.2, -0.15) is 10.4 Å². The molecule has 4 aromatic rings. The number of benzene rings is 3. The van der Waals surface area contributed by atoms with Gasteiger partial charge in [-0.1, -0.05) is 54.6 Å². The summed E-state index contributed by atoms with van der Waals surface area (Å²) in [5.74, 6) is -0.383. The lowest BCUT2D eigenvalue weighted by molar-refractivity contribution is -0.139. The van der Waals surface area contributed by atoms with Gasteiger partial charge in [0.25, 0.3) is 11.8 Å². The molecule has 0 saturated carbocycles. The third-order valence-electron chi connectivity index (χ3n) is 6.58. The molecule has 0 unspecified atom stereocenters. The minimum atomic E-state index is -0.617. The van der Waals surface area contributed by atoms with Gasteiger partial charge in [-0.05, 0) is 60.5 Å². The topological polar surface area (TPSA) is 88.2 Å². The number of hydrogen-bond donors (Lipinski definition) is 0. The van der Waals surface area contributed by atoms with Gasteiger partial charge in [0, 0.05) is 29.4 Å². The second-order valence-electron chi connectivity index (χ2n) is 9.19. The lowest BCUT2D eigenvalue weighted by Crippen LogP contribution is -2.42. The summed E-state index contributed by atoms with van der Waals surface area (Å²) in [7, 11) is 0. The summed E-state index contributed by atoms with van der Waals surface area (Å²) in [5, 5.41) is 14.5. The van der Waals surface area contributed by atoms with Crippen molar-refractivity contribution in [1.29, 1.82) is 5.26 Å². The summed E-state index contributed by atoms with van der Waals surface area (Å²) >= 11 is 0. The number of carbonyl (C=O) groups excluding carboxylic acids is 2. The van der Waals surface area contributed by atoms with E-state index in [1.54, 1.807) is 17.7 Å². The van der Waals surface area contributed by atoms with E-state index in [-0.39, 0.29) is 17.7 Å². The van der Waals surface area contributed by atoms with Gasteiger partial charge in [0.1, 0.15) is 24.0 Å². The zero-order valence-electron chi connectivity index (χ0n) is 21.9. The predicted molar refractivity (Wildman–Crippen MR) is 153 cm³/mol. The summed E-state index contributed by atoms with van der Waals surface area (Å²) in [6, 6.07) is 29.1. The Morgan fingerprint density at radius 3 is 2.27 bits per heavy atom. The van der Waals surface area contributed by atoms with Crippen LogP contribution in [0, 0.1) is 11.3 Å². The predicted octanol–water partition coefficient (Wildman–Crippen LogP) is 5.90. The summed E-state index contributed by atoms with van der Waals surface area (Å²) in [4.78, 5) is 27.1. The van der Waals surface area contributed by atoms with Gasteiger partial charge < -0.3 is 4.74 Å². The highest BCUT2D eigenvalue weighted by molar-refractivity contribution is 6.19. The summed E-state index contributed by atoms with van der Waals surface area (Å²) in [5.41, 5.74) is 4.56. The number of imide groups is 1. The van der Waals surface area contributed by atoms with E-state index in [2.05, 4.69) is 6.58 Å². The SMILES string of the molecule is C=CCN1C(=O)C(C#N)=C(C)/C(=C\c2cn(-c3ccccc3)nc2-c2ccc(OCc3ccccc3)cc2)C1=O. The average molecular weight is 527 g/mol. The zero-order chi connectivity index (χ0) is 28.1. The summed E-state index contributed by atoms with van der Waals surface area (Å²) in [6.45, 7) is 5.72. The molecule has 0 spiro atoms. The summed E-state index contributed by atoms with van der Waals surface area (Å²) in [6.07, 6.45) is 4.99. The Morgan fingerprint density at radius 2 is 1.62 bits per heavy atom. The molecule has 1 aliphatic heterocycles. The van der Waals surface area contributed by atoms with Crippen molar-refractivity contribution in [2.24, 2.45) is 0 Å². The first-order chi connectivity index (χ1) is 19.5. The maximum atomic E-state index is 13.4. The third-order valence-corrected chi connectivity index (χ3v) is 6.58. The van der Waals surface area contributed by atoms with Gasteiger partial charge in [-0.15, -0.1) is 6.58 Å². The van der Waals surface area contributed by atoms with E-state index in [1.165, 1.54) is 6.08 Å². The number of carbonyl (C=O) groups is 2. The number of nitrogens with zero attached hydrogens (tertiary/aromatic N) is 4. The van der Waals surface area contributed by atoms with Gasteiger partial charge >= 0.3 is 0 Å². The van der Waals surface area contributed by atoms with Gasteiger partial charge in [-0.3, -0.25) is 14.5 Å². The first-order valence-electron chi connectivity index (χ1n) is 12.7. The van der Waals surface area contributed by atoms with Crippen LogP contribution < -0.4 is 4.74 Å². The molecule has 3 aromatic carbocycles. The van der Waals surface area contributed by atoms with E-state index < -0.39 is 11.8 Å². The standard InChI is InChI=1S/C33H26N4O3/c1-3-18-36-32(38)29(23(2)30(20-34)33(36)39)19-26-21-37(27-12-8-5-9-13-27)35-31(26)25-14-16-28(17-15-25)40-22-24-10-6-4-7-11-24/h3-17,19,21H,1,18,22H2,2H3/b29-19+. The van der Waals surface area contributed by atoms with Crippen molar-refractivity contribution in [1.82, 2.24) is 14.7 Å². The van der Waals surface area contributed by atoms with Crippen molar-refractivity contribution < 1.29 is 14.3 Å². The van der Waals surface area contributed by atoms with Crippen molar-refractivity contribution in [2.75, 3.05) is 6.54 Å². The number of nitriles is 1. The molecule has 0 N–H and O–H groups in total. The molecular weight excluding hydrogens is 500 g/mol. The molecule has 1 aromatic heterocycles. The largest absolute Gasteiger partial charge is 0.489 e. The van der Waals surface area contributed by atoms with E-state index in [0.717, 1.165) is 21.7 Å². The van der Waals surface area contributed by atoms with Crippen molar-refractivity contribution in [3.05, 3.63) is 132 Å². The molecule has 0 saturated heterocycles. The third kappa shape index (κ3) is 5.24. The number of aromatic nitrogens is 2. The molecular formula is C33H26N4O3. The lowest BCUT2D eigenvalue weighted by atomic mass is 9.93. The quantitative estimate of drug-likeness (QED) is 0.162. The smallest absolute Gasteiger partial charge is 0.271 e. The van der Waals surface area contributed by atoms with E-state index >= 15 is 0 Å². The van der Waals surface area contributed by atoms with E-state index in [4.69, 9.17) is 9.84 Å². The second kappa shape index (κ2) is 11.5. The number of ether oxygens (including phenoxy) is 1. The van der Waals surface area contributed by atoms with Crippen LogP contribution in [0.5, 0.6) is 5.75 Å². The molecule has 2 amide bonds. The van der Waals surface area contributed by atoms with E-state index in [1.807, 2.05) is 97.2 Å². The Kier molecular flexibility index (Phi) is 7.52. The Labute approximate surface area is 232 Å². The van der Waals surface area contributed by atoms with Gasteiger partial charge in [0.2, 0.25) is 0 Å². The molecule has 0 radical (unpaired) electrons. The molecule has 5 rings (SSSR count). The fraction of sp³-hybridized carbons (Fsp3) is 0.0909. The molecule has 2 heterocycles. The fourth-order valence-corrected chi connectivity index (χ4v) is 4.46. The second-order valence-corrected chi connectivity index (χ2v) is 9.19. The minimum Gasteiger partial charge on any atom is -0.489 e. The highest BCUT2D eigenvalue weighted by Crippen LogP contribution is 2.32. The van der Waals surface area contributed by atoms with Crippen LogP contribution in [0.1, 0.15) is 18.1 Å². The van der Waals surface area contributed by atoms with Gasteiger partial charge in [0.15, 0.2) is 0 Å². The zero-order valence-corrected chi connectivity index (χ0v) is 21.9. The number of hydrogen-bond acceptors (Lipinski definition) is 5. The monoisotopic (exact) mass is 526 g/mol. The normalized spacial score (nSPS) is 14.4. The molecule has 0 atom stereocenters. The van der Waals surface area contributed by atoms with Crippen molar-refractivity contribution in [2.45, 2.75) is 13.5 Å². The van der Waals surface area contributed by atoms with Crippen LogP contribution in [0.2, 0.25) is 0 Å². The van der Waals surface area contributed by atoms with Gasteiger partial charge in [-0.25, -0.2) is 4.68 Å². The van der Waals surface area contributed by atoms with Crippen LogP contribution in [-0.4, -0.2) is 33.0 Å².